The molecule has 1 N–H and O–H groups in total. The molecule has 0 bridgehead atoms. The Kier molecular flexibility index (Phi) is 3.12. The second-order valence-corrected chi connectivity index (χ2v) is 5.91. The number of nitrogens with zero attached hydrogens (tertiary/aromatic N) is 2. The van der Waals surface area contributed by atoms with E-state index in [1.807, 2.05) is 18.2 Å². The molecule has 0 saturated heterocycles. The number of fused-ring (bicyclic) bond motifs is 2. The van der Waals surface area contributed by atoms with Crippen LogP contribution in [0.2, 0.25) is 0 Å². The van der Waals surface area contributed by atoms with Gasteiger partial charge in [0, 0.05) is 12.6 Å². The highest BCUT2D eigenvalue weighted by Gasteiger charge is 2.26. The number of imidazole rings is 1. The number of aromatic nitrogens is 2. The smallest absolute Gasteiger partial charge is 0.125 e. The molecule has 2 aromatic carbocycles. The van der Waals surface area contributed by atoms with Crippen LogP contribution in [0.5, 0.6) is 5.75 Å². The summed E-state index contributed by atoms with van der Waals surface area (Å²) in [6.45, 7) is 0.960. The van der Waals surface area contributed by atoms with Crippen LogP contribution >= 0.6 is 0 Å². The van der Waals surface area contributed by atoms with Crippen molar-refractivity contribution in [1.29, 1.82) is 0 Å². The Labute approximate surface area is 129 Å². The first-order valence-electron chi connectivity index (χ1n) is 7.55. The number of rotatable bonds is 2. The maximum absolute atomic E-state index is 5.29. The van der Waals surface area contributed by atoms with Crippen molar-refractivity contribution in [1.82, 2.24) is 14.9 Å². The second-order valence-electron chi connectivity index (χ2n) is 5.91. The highest BCUT2D eigenvalue weighted by molar-refractivity contribution is 5.76. The van der Waals surface area contributed by atoms with Gasteiger partial charge in [-0.25, -0.2) is 4.98 Å². The van der Waals surface area contributed by atoms with Gasteiger partial charge in [-0.2, -0.15) is 0 Å². The van der Waals surface area contributed by atoms with E-state index < -0.39 is 0 Å². The first kappa shape index (κ1) is 13.3. The van der Waals surface area contributed by atoms with E-state index in [9.17, 15) is 0 Å². The van der Waals surface area contributed by atoms with Crippen LogP contribution in [0, 0.1) is 0 Å². The summed E-state index contributed by atoms with van der Waals surface area (Å²) in [5, 5.41) is 0. The van der Waals surface area contributed by atoms with Gasteiger partial charge in [-0.3, -0.25) is 4.90 Å². The summed E-state index contributed by atoms with van der Waals surface area (Å²) in [5.74, 6) is 1.88. The highest BCUT2D eigenvalue weighted by atomic mass is 16.5. The average Bonchev–Trinajstić information content (AvgIpc) is 2.96. The third-order valence-corrected chi connectivity index (χ3v) is 4.51. The van der Waals surface area contributed by atoms with Gasteiger partial charge in [0.1, 0.15) is 11.6 Å². The minimum absolute atomic E-state index is 0.285. The van der Waals surface area contributed by atoms with E-state index in [4.69, 9.17) is 9.72 Å². The van der Waals surface area contributed by atoms with Gasteiger partial charge in [-0.15, -0.1) is 0 Å². The zero-order chi connectivity index (χ0) is 15.1. The predicted molar refractivity (Wildman–Crippen MR) is 87.0 cm³/mol. The molecule has 1 aromatic heterocycles. The molecule has 1 aliphatic heterocycles. The Morgan fingerprint density at radius 1 is 1.18 bits per heavy atom. The van der Waals surface area contributed by atoms with Crippen molar-refractivity contribution in [2.45, 2.75) is 19.0 Å². The summed E-state index contributed by atoms with van der Waals surface area (Å²) in [6, 6.07) is 14.9. The molecule has 1 unspecified atom stereocenters. The first-order chi connectivity index (χ1) is 10.7. The Bertz CT molecular complexity index is 824. The number of ether oxygens (including phenoxy) is 1. The Hall–Kier alpha value is -2.33. The van der Waals surface area contributed by atoms with E-state index in [-0.39, 0.29) is 6.04 Å². The molecule has 0 saturated carbocycles. The lowest BCUT2D eigenvalue weighted by molar-refractivity contribution is 0.210. The fourth-order valence-electron chi connectivity index (χ4n) is 3.25. The maximum atomic E-state index is 5.29. The SMILES string of the molecule is COc1ccc2nc(C3Cc4ccccc4CN3C)[nH]c2c1. The summed E-state index contributed by atoms with van der Waals surface area (Å²) in [7, 11) is 3.85. The van der Waals surface area contributed by atoms with E-state index >= 15 is 0 Å². The third-order valence-electron chi connectivity index (χ3n) is 4.51. The second kappa shape index (κ2) is 5.14. The minimum atomic E-state index is 0.285. The molecule has 4 rings (SSSR count). The fourth-order valence-corrected chi connectivity index (χ4v) is 3.25. The number of hydrogen-bond donors (Lipinski definition) is 1. The molecule has 1 atom stereocenters. The van der Waals surface area contributed by atoms with Gasteiger partial charge in [0.05, 0.1) is 24.2 Å². The van der Waals surface area contributed by atoms with Crippen LogP contribution in [-0.2, 0) is 13.0 Å². The summed E-state index contributed by atoms with van der Waals surface area (Å²) in [4.78, 5) is 10.6. The molecule has 2 heterocycles. The van der Waals surface area contributed by atoms with Crippen LogP contribution in [0.3, 0.4) is 0 Å². The molecule has 3 aromatic rings. The Morgan fingerprint density at radius 3 is 2.82 bits per heavy atom. The summed E-state index contributed by atoms with van der Waals surface area (Å²) in [6.07, 6.45) is 0.990. The number of benzene rings is 2. The van der Waals surface area contributed by atoms with Crippen molar-refractivity contribution in [2.75, 3.05) is 14.2 Å². The van der Waals surface area contributed by atoms with Crippen molar-refractivity contribution in [3.63, 3.8) is 0 Å². The molecular formula is C18H19N3O. The van der Waals surface area contributed by atoms with Crippen LogP contribution in [0.25, 0.3) is 11.0 Å². The number of aromatic amines is 1. The monoisotopic (exact) mass is 293 g/mol. The largest absolute Gasteiger partial charge is 0.497 e. The fraction of sp³-hybridized carbons (Fsp3) is 0.278. The van der Waals surface area contributed by atoms with E-state index in [2.05, 4.69) is 41.2 Å². The summed E-state index contributed by atoms with van der Waals surface area (Å²) >= 11 is 0. The van der Waals surface area contributed by atoms with E-state index in [1.54, 1.807) is 7.11 Å². The molecule has 112 valence electrons. The molecule has 0 amide bonds. The Morgan fingerprint density at radius 2 is 2.00 bits per heavy atom. The lowest BCUT2D eigenvalue weighted by Crippen LogP contribution is -2.31. The van der Waals surface area contributed by atoms with Crippen molar-refractivity contribution in [3.8, 4) is 5.75 Å². The van der Waals surface area contributed by atoms with Crippen LogP contribution < -0.4 is 4.74 Å². The quantitative estimate of drug-likeness (QED) is 0.788. The normalized spacial score (nSPS) is 18.4. The molecule has 1 aliphatic rings. The standard InChI is InChI=1S/C18H19N3O/c1-21-11-13-6-4-3-5-12(13)9-17(21)18-19-15-8-7-14(22-2)10-16(15)20-18/h3-8,10,17H,9,11H2,1-2H3,(H,19,20). The predicted octanol–water partition coefficient (Wildman–Crippen LogP) is 3.30. The number of hydrogen-bond acceptors (Lipinski definition) is 3. The van der Waals surface area contributed by atoms with E-state index in [0.29, 0.717) is 0 Å². The van der Waals surface area contributed by atoms with Gasteiger partial charge >= 0.3 is 0 Å². The number of methoxy groups -OCH3 is 1. The molecule has 4 heteroatoms. The van der Waals surface area contributed by atoms with Crippen LogP contribution in [0.1, 0.15) is 23.0 Å². The van der Waals surface area contributed by atoms with Crippen LogP contribution in [0.4, 0.5) is 0 Å². The molecule has 0 fully saturated rings. The van der Waals surface area contributed by atoms with Crippen LogP contribution in [-0.4, -0.2) is 29.0 Å². The van der Waals surface area contributed by atoms with Gasteiger partial charge in [0.2, 0.25) is 0 Å². The van der Waals surface area contributed by atoms with Crippen molar-refractivity contribution in [2.24, 2.45) is 0 Å². The molecule has 4 nitrogen and oxygen atoms in total. The van der Waals surface area contributed by atoms with E-state index in [1.165, 1.54) is 11.1 Å². The topological polar surface area (TPSA) is 41.1 Å². The van der Waals surface area contributed by atoms with Crippen LogP contribution in [0.15, 0.2) is 42.5 Å². The van der Waals surface area contributed by atoms with Gasteiger partial charge in [0.25, 0.3) is 0 Å². The zero-order valence-corrected chi connectivity index (χ0v) is 12.8. The van der Waals surface area contributed by atoms with Crippen molar-refractivity contribution < 1.29 is 4.74 Å². The summed E-state index contributed by atoms with van der Waals surface area (Å²) in [5.41, 5.74) is 4.85. The lowest BCUT2D eigenvalue weighted by Gasteiger charge is -2.32. The number of nitrogens with one attached hydrogen (secondary N) is 1. The average molecular weight is 293 g/mol. The van der Waals surface area contributed by atoms with Gasteiger partial charge in [-0.1, -0.05) is 24.3 Å². The third kappa shape index (κ3) is 2.16. The van der Waals surface area contributed by atoms with Gasteiger partial charge in [-0.05, 0) is 36.7 Å². The highest BCUT2D eigenvalue weighted by Crippen LogP contribution is 2.32. The van der Waals surface area contributed by atoms with Crippen molar-refractivity contribution in [3.05, 3.63) is 59.4 Å². The van der Waals surface area contributed by atoms with E-state index in [0.717, 1.165) is 35.6 Å². The molecule has 0 aliphatic carbocycles. The molecule has 0 radical (unpaired) electrons. The lowest BCUT2D eigenvalue weighted by atomic mass is 9.94. The van der Waals surface area contributed by atoms with Gasteiger partial charge < -0.3 is 9.72 Å². The molecular weight excluding hydrogens is 274 g/mol. The maximum Gasteiger partial charge on any atom is 0.125 e. The van der Waals surface area contributed by atoms with Gasteiger partial charge in [0.15, 0.2) is 0 Å². The summed E-state index contributed by atoms with van der Waals surface area (Å²) < 4.78 is 5.29. The Balaban J connectivity index is 1.72. The van der Waals surface area contributed by atoms with Crippen molar-refractivity contribution >= 4 is 11.0 Å². The first-order valence-corrected chi connectivity index (χ1v) is 7.55. The number of H-pyrrole nitrogens is 1. The minimum Gasteiger partial charge on any atom is -0.497 e. The molecule has 0 spiro atoms. The molecule has 22 heavy (non-hydrogen) atoms. The zero-order valence-electron chi connectivity index (χ0n) is 12.8. The number of likely N-dealkylation sites (N-methyl/N-ethyl adjacent to an activating group) is 1.